The number of hydrogen-bond acceptors (Lipinski definition) is 3. The number of nitrogens with zero attached hydrogens (tertiary/aromatic N) is 1. The highest BCUT2D eigenvalue weighted by Gasteiger charge is 2.30. The van der Waals surface area contributed by atoms with Crippen molar-refractivity contribution in [1.29, 1.82) is 0 Å². The van der Waals surface area contributed by atoms with E-state index in [1.807, 2.05) is 36.4 Å². The predicted octanol–water partition coefficient (Wildman–Crippen LogP) is 4.26. The van der Waals surface area contributed by atoms with E-state index in [-0.39, 0.29) is 11.7 Å². The Morgan fingerprint density at radius 1 is 1.04 bits per heavy atom. The Kier molecular flexibility index (Phi) is 4.44. The van der Waals surface area contributed by atoms with Crippen LogP contribution in [0.25, 0.3) is 21.9 Å². The molecule has 1 amide bonds. The molecule has 0 spiro atoms. The van der Waals surface area contributed by atoms with Crippen molar-refractivity contribution in [2.24, 2.45) is 0 Å². The lowest BCUT2D eigenvalue weighted by Gasteiger charge is -2.14. The van der Waals surface area contributed by atoms with Crippen LogP contribution in [-0.4, -0.2) is 37.6 Å². The van der Waals surface area contributed by atoms with Crippen molar-refractivity contribution >= 4 is 16.7 Å². The first-order valence-corrected chi connectivity index (χ1v) is 8.84. The number of ether oxygens (including phenoxy) is 2. The Bertz CT molecular complexity index is 1020. The molecule has 0 saturated carbocycles. The molecule has 0 radical (unpaired) electrons. The number of carbonyl (C=O) groups is 1. The van der Waals surface area contributed by atoms with Crippen molar-refractivity contribution in [1.82, 2.24) is 4.90 Å². The zero-order valence-corrected chi connectivity index (χ0v) is 15.2. The number of likely N-dealkylation sites (N-methyl/N-ethyl adjacent to an activating group) is 1. The first-order valence-electron chi connectivity index (χ1n) is 8.84. The van der Waals surface area contributed by atoms with Gasteiger partial charge in [0.2, 0.25) is 0 Å². The van der Waals surface area contributed by atoms with Gasteiger partial charge in [-0.1, -0.05) is 18.2 Å². The van der Waals surface area contributed by atoms with Crippen LogP contribution in [0.15, 0.2) is 54.6 Å². The standard InChI is InChI=1S/C22H20FNO3/c1-24-10-9-20(22(24)25)27-18-7-5-14-11-16(4-3-15(14)12-18)19-8-6-17(23)13-21(19)26-2/h3-8,11-13,20H,9-10H2,1-2H3. The van der Waals surface area contributed by atoms with Gasteiger partial charge in [-0.15, -0.1) is 0 Å². The summed E-state index contributed by atoms with van der Waals surface area (Å²) in [7, 11) is 3.32. The maximum absolute atomic E-state index is 13.4. The third-order valence-electron chi connectivity index (χ3n) is 4.94. The zero-order chi connectivity index (χ0) is 19.0. The van der Waals surface area contributed by atoms with Gasteiger partial charge in [0.1, 0.15) is 17.3 Å². The van der Waals surface area contributed by atoms with Crippen molar-refractivity contribution in [3.8, 4) is 22.6 Å². The first kappa shape index (κ1) is 17.3. The van der Waals surface area contributed by atoms with Gasteiger partial charge < -0.3 is 14.4 Å². The van der Waals surface area contributed by atoms with Gasteiger partial charge >= 0.3 is 0 Å². The highest BCUT2D eigenvalue weighted by atomic mass is 19.1. The molecule has 5 heteroatoms. The third-order valence-corrected chi connectivity index (χ3v) is 4.94. The molecule has 27 heavy (non-hydrogen) atoms. The molecular formula is C22H20FNO3. The van der Waals surface area contributed by atoms with E-state index in [1.54, 1.807) is 18.0 Å². The summed E-state index contributed by atoms with van der Waals surface area (Å²) in [5.74, 6) is 0.876. The maximum Gasteiger partial charge on any atom is 0.263 e. The summed E-state index contributed by atoms with van der Waals surface area (Å²) in [6.07, 6.45) is 0.298. The van der Waals surface area contributed by atoms with Gasteiger partial charge in [0.25, 0.3) is 5.91 Å². The summed E-state index contributed by atoms with van der Waals surface area (Å²) >= 11 is 0. The lowest BCUT2D eigenvalue weighted by atomic mass is 10.0. The molecule has 3 aromatic carbocycles. The van der Waals surface area contributed by atoms with Gasteiger partial charge in [0.05, 0.1) is 7.11 Å². The number of likely N-dealkylation sites (tertiary alicyclic amines) is 1. The van der Waals surface area contributed by atoms with E-state index in [4.69, 9.17) is 9.47 Å². The molecule has 0 aromatic heterocycles. The van der Waals surface area contributed by atoms with Crippen LogP contribution in [0.3, 0.4) is 0 Å². The molecule has 4 rings (SSSR count). The Morgan fingerprint density at radius 3 is 2.56 bits per heavy atom. The molecule has 1 aliphatic rings. The van der Waals surface area contributed by atoms with Crippen molar-refractivity contribution < 1.29 is 18.7 Å². The largest absolute Gasteiger partial charge is 0.496 e. The molecule has 1 heterocycles. The fraction of sp³-hybridized carbons (Fsp3) is 0.227. The van der Waals surface area contributed by atoms with Crippen LogP contribution in [0.1, 0.15) is 6.42 Å². The molecule has 1 saturated heterocycles. The summed E-state index contributed by atoms with van der Waals surface area (Å²) in [4.78, 5) is 13.7. The zero-order valence-electron chi connectivity index (χ0n) is 15.2. The quantitative estimate of drug-likeness (QED) is 0.693. The topological polar surface area (TPSA) is 38.8 Å². The van der Waals surface area contributed by atoms with Gasteiger partial charge in [0.15, 0.2) is 6.10 Å². The summed E-state index contributed by atoms with van der Waals surface area (Å²) in [6, 6.07) is 16.3. The van der Waals surface area contributed by atoms with Gasteiger partial charge in [-0.25, -0.2) is 4.39 Å². The van der Waals surface area contributed by atoms with Crippen LogP contribution in [-0.2, 0) is 4.79 Å². The molecule has 0 aliphatic carbocycles. The van der Waals surface area contributed by atoms with Gasteiger partial charge in [-0.2, -0.15) is 0 Å². The van der Waals surface area contributed by atoms with Crippen LogP contribution in [0.5, 0.6) is 11.5 Å². The number of hydrogen-bond donors (Lipinski definition) is 0. The number of benzene rings is 3. The molecule has 4 nitrogen and oxygen atoms in total. The van der Waals surface area contributed by atoms with E-state index in [0.29, 0.717) is 17.9 Å². The Balaban J connectivity index is 1.64. The molecule has 1 unspecified atom stereocenters. The Labute approximate surface area is 157 Å². The van der Waals surface area contributed by atoms with Crippen molar-refractivity contribution in [2.45, 2.75) is 12.5 Å². The second-order valence-corrected chi connectivity index (χ2v) is 6.72. The third kappa shape index (κ3) is 3.33. The van der Waals surface area contributed by atoms with E-state index in [0.717, 1.165) is 28.4 Å². The summed E-state index contributed by atoms with van der Waals surface area (Å²) < 4.78 is 24.6. The molecular weight excluding hydrogens is 345 g/mol. The minimum atomic E-state index is -0.407. The van der Waals surface area contributed by atoms with Gasteiger partial charge in [-0.3, -0.25) is 4.79 Å². The highest BCUT2D eigenvalue weighted by molar-refractivity contribution is 5.89. The normalized spacial score (nSPS) is 16.8. The molecule has 0 N–H and O–H groups in total. The van der Waals surface area contributed by atoms with Crippen molar-refractivity contribution in [3.05, 3.63) is 60.4 Å². The van der Waals surface area contributed by atoms with Gasteiger partial charge in [-0.05, 0) is 46.7 Å². The number of halogens is 1. The van der Waals surface area contributed by atoms with Crippen LogP contribution >= 0.6 is 0 Å². The average Bonchev–Trinajstić information content (AvgIpc) is 2.99. The highest BCUT2D eigenvalue weighted by Crippen LogP contribution is 2.33. The second kappa shape index (κ2) is 6.91. The van der Waals surface area contributed by atoms with E-state index in [2.05, 4.69) is 0 Å². The number of methoxy groups -OCH3 is 1. The van der Waals surface area contributed by atoms with Crippen LogP contribution in [0, 0.1) is 5.82 Å². The summed E-state index contributed by atoms with van der Waals surface area (Å²) in [5, 5.41) is 2.04. The van der Waals surface area contributed by atoms with Crippen LogP contribution in [0.4, 0.5) is 4.39 Å². The number of carbonyl (C=O) groups excluding carboxylic acids is 1. The maximum atomic E-state index is 13.4. The van der Waals surface area contributed by atoms with E-state index in [9.17, 15) is 9.18 Å². The Morgan fingerprint density at radius 2 is 1.81 bits per heavy atom. The second-order valence-electron chi connectivity index (χ2n) is 6.72. The summed E-state index contributed by atoms with van der Waals surface area (Å²) in [5.41, 5.74) is 1.78. The van der Waals surface area contributed by atoms with E-state index in [1.165, 1.54) is 19.2 Å². The monoisotopic (exact) mass is 365 g/mol. The first-order chi connectivity index (χ1) is 13.0. The molecule has 138 valence electrons. The molecule has 0 bridgehead atoms. The lowest BCUT2D eigenvalue weighted by molar-refractivity contribution is -0.132. The number of fused-ring (bicyclic) bond motifs is 1. The lowest BCUT2D eigenvalue weighted by Crippen LogP contribution is -2.29. The SMILES string of the molecule is COc1cc(F)ccc1-c1ccc2cc(OC3CCN(C)C3=O)ccc2c1. The molecule has 1 atom stereocenters. The fourth-order valence-corrected chi connectivity index (χ4v) is 3.43. The predicted molar refractivity (Wildman–Crippen MR) is 103 cm³/mol. The van der Waals surface area contributed by atoms with E-state index >= 15 is 0 Å². The van der Waals surface area contributed by atoms with Gasteiger partial charge in [0, 0.05) is 31.6 Å². The van der Waals surface area contributed by atoms with Crippen LogP contribution in [0.2, 0.25) is 0 Å². The summed E-state index contributed by atoms with van der Waals surface area (Å²) in [6.45, 7) is 0.722. The van der Waals surface area contributed by atoms with Crippen molar-refractivity contribution in [3.63, 3.8) is 0 Å². The average molecular weight is 365 g/mol. The Hall–Kier alpha value is -3.08. The van der Waals surface area contributed by atoms with Crippen LogP contribution < -0.4 is 9.47 Å². The fourth-order valence-electron chi connectivity index (χ4n) is 3.43. The minimum absolute atomic E-state index is 0.0221. The molecule has 1 aliphatic heterocycles. The molecule has 3 aromatic rings. The van der Waals surface area contributed by atoms with E-state index < -0.39 is 6.10 Å². The smallest absolute Gasteiger partial charge is 0.263 e. The number of amides is 1. The number of rotatable bonds is 4. The minimum Gasteiger partial charge on any atom is -0.496 e. The van der Waals surface area contributed by atoms with Crippen molar-refractivity contribution in [2.75, 3.05) is 20.7 Å². The molecule has 1 fully saturated rings.